The van der Waals surface area contributed by atoms with E-state index in [0.717, 1.165) is 36.6 Å². The fourth-order valence-electron chi connectivity index (χ4n) is 1.99. The van der Waals surface area contributed by atoms with E-state index in [0.29, 0.717) is 6.54 Å². The SMILES string of the molecule is CCc1nc(CNC(=O)C2(C)CCNC2)cs1. The molecule has 1 aliphatic heterocycles. The van der Waals surface area contributed by atoms with Crippen molar-refractivity contribution in [1.82, 2.24) is 15.6 Å². The Hall–Kier alpha value is -0.940. The van der Waals surface area contributed by atoms with Gasteiger partial charge in [-0.1, -0.05) is 6.92 Å². The first-order valence-electron chi connectivity index (χ1n) is 6.06. The third kappa shape index (κ3) is 2.84. The number of hydrogen-bond donors (Lipinski definition) is 2. The van der Waals surface area contributed by atoms with Crippen LogP contribution >= 0.6 is 11.3 Å². The smallest absolute Gasteiger partial charge is 0.227 e. The summed E-state index contributed by atoms with van der Waals surface area (Å²) in [5.74, 6) is 0.133. The van der Waals surface area contributed by atoms with Gasteiger partial charge in [0.25, 0.3) is 0 Å². The highest BCUT2D eigenvalue weighted by Gasteiger charge is 2.35. The van der Waals surface area contributed by atoms with Crippen LogP contribution in [0.15, 0.2) is 5.38 Å². The summed E-state index contributed by atoms with van der Waals surface area (Å²) in [5.41, 5.74) is 0.721. The molecule has 1 aromatic heterocycles. The van der Waals surface area contributed by atoms with Gasteiger partial charge in [-0.15, -0.1) is 11.3 Å². The fraction of sp³-hybridized carbons (Fsp3) is 0.667. The normalized spacial score (nSPS) is 23.9. The van der Waals surface area contributed by atoms with E-state index in [9.17, 15) is 4.79 Å². The average molecular weight is 253 g/mol. The lowest BCUT2D eigenvalue weighted by atomic mass is 9.89. The van der Waals surface area contributed by atoms with Crippen LogP contribution in [-0.4, -0.2) is 24.0 Å². The number of hydrogen-bond acceptors (Lipinski definition) is 4. The van der Waals surface area contributed by atoms with Crippen LogP contribution in [0.4, 0.5) is 0 Å². The summed E-state index contributed by atoms with van der Waals surface area (Å²) in [5, 5.41) is 9.36. The first kappa shape index (κ1) is 12.5. The van der Waals surface area contributed by atoms with Crippen LogP contribution in [0.1, 0.15) is 31.0 Å². The zero-order chi connectivity index (χ0) is 12.3. The summed E-state index contributed by atoms with van der Waals surface area (Å²) in [4.78, 5) is 16.5. The molecule has 0 bridgehead atoms. The molecule has 1 atom stereocenters. The van der Waals surface area contributed by atoms with Gasteiger partial charge in [-0.25, -0.2) is 4.98 Å². The van der Waals surface area contributed by atoms with Crippen molar-refractivity contribution in [1.29, 1.82) is 0 Å². The molecule has 1 aromatic rings. The molecule has 2 rings (SSSR count). The molecule has 4 nitrogen and oxygen atoms in total. The molecule has 94 valence electrons. The first-order chi connectivity index (χ1) is 8.14. The van der Waals surface area contributed by atoms with Gasteiger partial charge < -0.3 is 10.6 Å². The lowest BCUT2D eigenvalue weighted by Crippen LogP contribution is -2.40. The molecule has 0 saturated carbocycles. The van der Waals surface area contributed by atoms with Crippen LogP contribution in [-0.2, 0) is 17.8 Å². The molecule has 2 N–H and O–H groups in total. The first-order valence-corrected chi connectivity index (χ1v) is 6.94. The Morgan fingerprint density at radius 3 is 3.12 bits per heavy atom. The van der Waals surface area contributed by atoms with Gasteiger partial charge >= 0.3 is 0 Å². The number of nitrogens with one attached hydrogen (secondary N) is 2. The van der Waals surface area contributed by atoms with Crippen molar-refractivity contribution >= 4 is 17.2 Å². The van der Waals surface area contributed by atoms with Crippen LogP contribution < -0.4 is 10.6 Å². The number of amides is 1. The topological polar surface area (TPSA) is 54.0 Å². The quantitative estimate of drug-likeness (QED) is 0.851. The van der Waals surface area contributed by atoms with Crippen LogP contribution in [0.3, 0.4) is 0 Å². The minimum Gasteiger partial charge on any atom is -0.350 e. The van der Waals surface area contributed by atoms with E-state index in [-0.39, 0.29) is 11.3 Å². The number of thiazole rings is 1. The molecule has 1 saturated heterocycles. The third-order valence-corrected chi connectivity index (χ3v) is 4.29. The predicted octanol–water partition coefficient (Wildman–Crippen LogP) is 1.32. The Labute approximate surface area is 106 Å². The number of carbonyl (C=O) groups is 1. The van der Waals surface area contributed by atoms with Crippen molar-refractivity contribution < 1.29 is 4.79 Å². The van der Waals surface area contributed by atoms with Gasteiger partial charge in [0.05, 0.1) is 22.7 Å². The molecule has 0 aromatic carbocycles. The summed E-state index contributed by atoms with van der Waals surface area (Å²) in [7, 11) is 0. The molecule has 5 heteroatoms. The predicted molar refractivity (Wildman–Crippen MR) is 68.9 cm³/mol. The molecule has 17 heavy (non-hydrogen) atoms. The second kappa shape index (κ2) is 5.14. The van der Waals surface area contributed by atoms with Gasteiger partial charge in [0, 0.05) is 11.9 Å². The highest BCUT2D eigenvalue weighted by Crippen LogP contribution is 2.24. The van der Waals surface area contributed by atoms with E-state index in [1.807, 2.05) is 12.3 Å². The second-order valence-electron chi connectivity index (χ2n) is 4.76. The molecule has 0 spiro atoms. The van der Waals surface area contributed by atoms with Gasteiger partial charge in [-0.05, 0) is 26.3 Å². The molecule has 0 radical (unpaired) electrons. The third-order valence-electron chi connectivity index (χ3n) is 3.25. The molecule has 1 aliphatic rings. The minimum absolute atomic E-state index is 0.133. The van der Waals surface area contributed by atoms with E-state index >= 15 is 0 Å². The lowest BCUT2D eigenvalue weighted by molar-refractivity contribution is -0.129. The van der Waals surface area contributed by atoms with E-state index in [1.165, 1.54) is 0 Å². The van der Waals surface area contributed by atoms with Crippen LogP contribution in [0, 0.1) is 5.41 Å². The minimum atomic E-state index is -0.246. The van der Waals surface area contributed by atoms with E-state index in [1.54, 1.807) is 11.3 Å². The summed E-state index contributed by atoms with van der Waals surface area (Å²) in [6, 6.07) is 0. The van der Waals surface area contributed by atoms with Crippen molar-refractivity contribution in [2.24, 2.45) is 5.41 Å². The van der Waals surface area contributed by atoms with Gasteiger partial charge in [-0.2, -0.15) is 0 Å². The standard InChI is InChI=1S/C12H19N3OS/c1-3-10-15-9(7-17-10)6-14-11(16)12(2)4-5-13-8-12/h7,13H,3-6,8H2,1-2H3,(H,14,16). The van der Waals surface area contributed by atoms with Gasteiger partial charge in [0.15, 0.2) is 0 Å². The van der Waals surface area contributed by atoms with Crippen molar-refractivity contribution in [3.8, 4) is 0 Å². The number of carbonyl (C=O) groups excluding carboxylic acids is 1. The summed E-state index contributed by atoms with van der Waals surface area (Å²) in [6.45, 7) is 6.36. The highest BCUT2D eigenvalue weighted by atomic mass is 32.1. The number of rotatable bonds is 4. The molecule has 0 aliphatic carbocycles. The van der Waals surface area contributed by atoms with Crippen molar-refractivity contribution in [3.63, 3.8) is 0 Å². The number of nitrogens with zero attached hydrogens (tertiary/aromatic N) is 1. The fourth-order valence-corrected chi connectivity index (χ4v) is 2.73. The zero-order valence-electron chi connectivity index (χ0n) is 10.4. The monoisotopic (exact) mass is 253 g/mol. The molecule has 1 unspecified atom stereocenters. The number of aromatic nitrogens is 1. The van der Waals surface area contributed by atoms with Crippen molar-refractivity contribution in [2.45, 2.75) is 33.2 Å². The average Bonchev–Trinajstić information content (AvgIpc) is 2.95. The van der Waals surface area contributed by atoms with Crippen molar-refractivity contribution in [2.75, 3.05) is 13.1 Å². The Balaban J connectivity index is 1.87. The van der Waals surface area contributed by atoms with Crippen LogP contribution in [0.5, 0.6) is 0 Å². The Morgan fingerprint density at radius 2 is 2.53 bits per heavy atom. The van der Waals surface area contributed by atoms with Gasteiger partial charge in [-0.3, -0.25) is 4.79 Å². The maximum atomic E-state index is 12.0. The van der Waals surface area contributed by atoms with E-state index in [2.05, 4.69) is 22.5 Å². The van der Waals surface area contributed by atoms with Crippen LogP contribution in [0.25, 0.3) is 0 Å². The molecule has 1 amide bonds. The van der Waals surface area contributed by atoms with E-state index < -0.39 is 0 Å². The molecule has 1 fully saturated rings. The number of aryl methyl sites for hydroxylation is 1. The summed E-state index contributed by atoms with van der Waals surface area (Å²) < 4.78 is 0. The van der Waals surface area contributed by atoms with E-state index in [4.69, 9.17) is 0 Å². The zero-order valence-corrected chi connectivity index (χ0v) is 11.2. The maximum Gasteiger partial charge on any atom is 0.227 e. The molecular weight excluding hydrogens is 234 g/mol. The Morgan fingerprint density at radius 1 is 1.71 bits per heavy atom. The highest BCUT2D eigenvalue weighted by molar-refractivity contribution is 7.09. The van der Waals surface area contributed by atoms with Crippen molar-refractivity contribution in [3.05, 3.63) is 16.1 Å². The molecule has 2 heterocycles. The molecular formula is C12H19N3OS. The Bertz CT molecular complexity index is 396. The summed E-state index contributed by atoms with van der Waals surface area (Å²) in [6.07, 6.45) is 1.87. The lowest BCUT2D eigenvalue weighted by Gasteiger charge is -2.20. The van der Waals surface area contributed by atoms with Gasteiger partial charge in [0.1, 0.15) is 0 Å². The largest absolute Gasteiger partial charge is 0.350 e. The second-order valence-corrected chi connectivity index (χ2v) is 5.70. The summed E-state index contributed by atoms with van der Waals surface area (Å²) >= 11 is 1.66. The Kier molecular flexibility index (Phi) is 3.79. The maximum absolute atomic E-state index is 12.0. The van der Waals surface area contributed by atoms with Gasteiger partial charge in [0.2, 0.25) is 5.91 Å². The van der Waals surface area contributed by atoms with Crippen LogP contribution in [0.2, 0.25) is 0 Å².